The van der Waals surface area contributed by atoms with E-state index in [1.165, 1.54) is 161 Å². The second-order valence-electron chi connectivity index (χ2n) is 18.8. The largest absolute Gasteiger partial charge is 0.462 e. The maximum Gasteiger partial charge on any atom is 0.306 e. The molecule has 378 valence electrons. The molecule has 0 fully saturated rings. The minimum atomic E-state index is -0.780. The summed E-state index contributed by atoms with van der Waals surface area (Å²) in [7, 11) is 0. The molecule has 0 radical (unpaired) electrons. The van der Waals surface area contributed by atoms with Crippen molar-refractivity contribution in [3.63, 3.8) is 0 Å². The molecule has 0 aromatic heterocycles. The van der Waals surface area contributed by atoms with E-state index in [-0.39, 0.29) is 31.1 Å². The SMILES string of the molecule is CCCCCCC/C=C\C/C=C\C/C=C\CCCCCCCCC(=O)OCC(COC(=O)CCCCCCCCCCCC)OC(=O)CCCCCCC/C=C\CCCCCCCCC. The van der Waals surface area contributed by atoms with E-state index in [1.54, 1.807) is 0 Å². The molecular formula is C59H106O6. The van der Waals surface area contributed by atoms with Gasteiger partial charge in [0.15, 0.2) is 6.10 Å². The minimum Gasteiger partial charge on any atom is -0.462 e. The Balaban J connectivity index is 4.33. The molecule has 0 bridgehead atoms. The van der Waals surface area contributed by atoms with E-state index < -0.39 is 6.10 Å². The Morgan fingerprint density at radius 1 is 0.308 bits per heavy atom. The van der Waals surface area contributed by atoms with Crippen LogP contribution >= 0.6 is 0 Å². The lowest BCUT2D eigenvalue weighted by molar-refractivity contribution is -0.167. The van der Waals surface area contributed by atoms with Gasteiger partial charge < -0.3 is 14.2 Å². The number of allylic oxidation sites excluding steroid dienone is 8. The van der Waals surface area contributed by atoms with Gasteiger partial charge in [0, 0.05) is 19.3 Å². The molecule has 0 heterocycles. The quantitative estimate of drug-likeness (QED) is 0.0262. The number of rotatable bonds is 51. The first kappa shape index (κ1) is 62.4. The number of esters is 3. The maximum atomic E-state index is 12.8. The van der Waals surface area contributed by atoms with Crippen molar-refractivity contribution in [2.24, 2.45) is 0 Å². The molecule has 1 atom stereocenters. The third-order valence-electron chi connectivity index (χ3n) is 12.3. The van der Waals surface area contributed by atoms with Crippen LogP contribution in [0.25, 0.3) is 0 Å². The van der Waals surface area contributed by atoms with E-state index in [0.29, 0.717) is 19.3 Å². The van der Waals surface area contributed by atoms with Gasteiger partial charge in [0.25, 0.3) is 0 Å². The van der Waals surface area contributed by atoms with E-state index in [9.17, 15) is 14.4 Å². The molecule has 0 aromatic rings. The highest BCUT2D eigenvalue weighted by atomic mass is 16.6. The van der Waals surface area contributed by atoms with Crippen LogP contribution in [-0.2, 0) is 28.6 Å². The van der Waals surface area contributed by atoms with Crippen LogP contribution in [0.3, 0.4) is 0 Å². The van der Waals surface area contributed by atoms with Crippen LogP contribution in [0.5, 0.6) is 0 Å². The highest BCUT2D eigenvalue weighted by Gasteiger charge is 2.19. The lowest BCUT2D eigenvalue weighted by Crippen LogP contribution is -2.30. The number of hydrogen-bond acceptors (Lipinski definition) is 6. The van der Waals surface area contributed by atoms with Crippen LogP contribution in [0.4, 0.5) is 0 Å². The van der Waals surface area contributed by atoms with E-state index in [4.69, 9.17) is 14.2 Å². The van der Waals surface area contributed by atoms with Gasteiger partial charge in [0.2, 0.25) is 0 Å². The van der Waals surface area contributed by atoms with Crippen molar-refractivity contribution in [1.29, 1.82) is 0 Å². The first-order chi connectivity index (χ1) is 32.0. The summed E-state index contributed by atoms with van der Waals surface area (Å²) in [6.45, 7) is 6.62. The summed E-state index contributed by atoms with van der Waals surface area (Å²) in [6, 6.07) is 0. The fraction of sp³-hybridized carbons (Fsp3) is 0.814. The van der Waals surface area contributed by atoms with Gasteiger partial charge in [0.1, 0.15) is 13.2 Å². The summed E-state index contributed by atoms with van der Waals surface area (Å²) in [6.07, 6.45) is 65.3. The molecule has 6 nitrogen and oxygen atoms in total. The first-order valence-corrected chi connectivity index (χ1v) is 28.1. The number of unbranched alkanes of at least 4 members (excludes halogenated alkanes) is 32. The Bertz CT molecular complexity index is 1140. The zero-order valence-corrected chi connectivity index (χ0v) is 43.3. The smallest absolute Gasteiger partial charge is 0.306 e. The fourth-order valence-electron chi connectivity index (χ4n) is 8.03. The topological polar surface area (TPSA) is 78.9 Å². The molecule has 0 aromatic carbocycles. The number of hydrogen-bond donors (Lipinski definition) is 0. The van der Waals surface area contributed by atoms with Gasteiger partial charge in [-0.2, -0.15) is 0 Å². The normalized spacial score (nSPS) is 12.4. The molecule has 65 heavy (non-hydrogen) atoms. The number of carbonyl (C=O) groups is 3. The Hall–Kier alpha value is -2.63. The highest BCUT2D eigenvalue weighted by Crippen LogP contribution is 2.15. The minimum absolute atomic E-state index is 0.0784. The van der Waals surface area contributed by atoms with Gasteiger partial charge in [-0.15, -0.1) is 0 Å². The average molecular weight is 911 g/mol. The zero-order valence-electron chi connectivity index (χ0n) is 43.3. The van der Waals surface area contributed by atoms with Gasteiger partial charge in [-0.3, -0.25) is 14.4 Å². The van der Waals surface area contributed by atoms with Crippen LogP contribution < -0.4 is 0 Å². The Morgan fingerprint density at radius 3 is 0.877 bits per heavy atom. The van der Waals surface area contributed by atoms with E-state index in [2.05, 4.69) is 69.4 Å². The molecule has 6 heteroatoms. The summed E-state index contributed by atoms with van der Waals surface area (Å²) < 4.78 is 16.8. The van der Waals surface area contributed by atoms with Crippen LogP contribution in [0.2, 0.25) is 0 Å². The number of carbonyl (C=O) groups excluding carboxylic acids is 3. The second kappa shape index (κ2) is 54.0. The van der Waals surface area contributed by atoms with Gasteiger partial charge in [-0.1, -0.05) is 236 Å². The van der Waals surface area contributed by atoms with Crippen molar-refractivity contribution in [2.45, 2.75) is 297 Å². The fourth-order valence-corrected chi connectivity index (χ4v) is 8.03. The van der Waals surface area contributed by atoms with Crippen molar-refractivity contribution >= 4 is 17.9 Å². The van der Waals surface area contributed by atoms with Gasteiger partial charge >= 0.3 is 17.9 Å². The van der Waals surface area contributed by atoms with Crippen molar-refractivity contribution in [1.82, 2.24) is 0 Å². The third kappa shape index (κ3) is 52.2. The molecule has 0 aliphatic carbocycles. The standard InChI is InChI=1S/C59H106O6/c1-4-7-10-13-16-19-22-24-26-28-29-30-31-32-34-35-37-40-43-46-49-52-58(61)64-55-56(54-63-57(60)51-48-45-42-39-21-18-15-12-9-6-3)65-59(62)53-50-47-44-41-38-36-33-27-25-23-20-17-14-11-8-5-2/h22,24,27-29,31-33,56H,4-21,23,25-26,30,34-55H2,1-3H3/b24-22-,29-28-,32-31-,33-27-. The maximum absolute atomic E-state index is 12.8. The molecule has 0 amide bonds. The Morgan fingerprint density at radius 2 is 0.554 bits per heavy atom. The monoisotopic (exact) mass is 911 g/mol. The van der Waals surface area contributed by atoms with Gasteiger partial charge in [-0.05, 0) is 83.5 Å². The summed E-state index contributed by atoms with van der Waals surface area (Å²) in [5.74, 6) is -0.891. The van der Waals surface area contributed by atoms with Crippen molar-refractivity contribution in [2.75, 3.05) is 13.2 Å². The van der Waals surface area contributed by atoms with Crippen molar-refractivity contribution in [3.05, 3.63) is 48.6 Å². The first-order valence-electron chi connectivity index (χ1n) is 28.1. The Kier molecular flexibility index (Phi) is 51.8. The zero-order chi connectivity index (χ0) is 47.2. The molecule has 0 saturated carbocycles. The summed E-state index contributed by atoms with van der Waals surface area (Å²) >= 11 is 0. The van der Waals surface area contributed by atoms with E-state index in [0.717, 1.165) is 89.9 Å². The predicted molar refractivity (Wildman–Crippen MR) is 279 cm³/mol. The lowest BCUT2D eigenvalue weighted by atomic mass is 10.1. The molecule has 0 spiro atoms. The molecule has 0 aliphatic heterocycles. The lowest BCUT2D eigenvalue weighted by Gasteiger charge is -2.18. The Labute approximate surface area is 403 Å². The van der Waals surface area contributed by atoms with Crippen molar-refractivity contribution < 1.29 is 28.6 Å². The number of ether oxygens (including phenoxy) is 3. The van der Waals surface area contributed by atoms with Crippen LogP contribution in [0, 0.1) is 0 Å². The predicted octanol–water partition coefficient (Wildman–Crippen LogP) is 18.7. The van der Waals surface area contributed by atoms with Gasteiger partial charge in [-0.25, -0.2) is 0 Å². The summed E-state index contributed by atoms with van der Waals surface area (Å²) in [5.41, 5.74) is 0. The van der Waals surface area contributed by atoms with Crippen LogP contribution in [-0.4, -0.2) is 37.2 Å². The molecule has 0 aliphatic rings. The third-order valence-corrected chi connectivity index (χ3v) is 12.3. The van der Waals surface area contributed by atoms with Crippen LogP contribution in [0.15, 0.2) is 48.6 Å². The van der Waals surface area contributed by atoms with Gasteiger partial charge in [0.05, 0.1) is 0 Å². The molecular weight excluding hydrogens is 805 g/mol. The molecule has 0 rings (SSSR count). The summed E-state index contributed by atoms with van der Waals surface area (Å²) in [4.78, 5) is 38.0. The van der Waals surface area contributed by atoms with E-state index >= 15 is 0 Å². The second-order valence-corrected chi connectivity index (χ2v) is 18.8. The van der Waals surface area contributed by atoms with Crippen molar-refractivity contribution in [3.8, 4) is 0 Å². The van der Waals surface area contributed by atoms with Crippen LogP contribution in [0.1, 0.15) is 290 Å². The molecule has 0 saturated heterocycles. The molecule has 0 N–H and O–H groups in total. The molecule has 1 unspecified atom stereocenters. The van der Waals surface area contributed by atoms with E-state index in [1.807, 2.05) is 0 Å². The highest BCUT2D eigenvalue weighted by molar-refractivity contribution is 5.71. The average Bonchev–Trinajstić information content (AvgIpc) is 3.30. The summed E-state index contributed by atoms with van der Waals surface area (Å²) in [5, 5.41) is 0.